The molecule has 0 atom stereocenters. The van der Waals surface area contributed by atoms with Crippen LogP contribution in [-0.4, -0.2) is 17.1 Å². The first-order valence-corrected chi connectivity index (χ1v) is 3.57. The standard InChI is InChI=1S/C6H7BrN2O/c1-10-4-5-2-8-3-6(7)9-5/h2-3H,4H2,1H3. The van der Waals surface area contributed by atoms with Gasteiger partial charge in [0.25, 0.3) is 0 Å². The molecule has 0 aliphatic rings. The van der Waals surface area contributed by atoms with Gasteiger partial charge in [-0.1, -0.05) is 0 Å². The summed E-state index contributed by atoms with van der Waals surface area (Å²) in [7, 11) is 1.63. The number of rotatable bonds is 2. The highest BCUT2D eigenvalue weighted by atomic mass is 79.9. The van der Waals surface area contributed by atoms with E-state index >= 15 is 0 Å². The predicted octanol–water partition coefficient (Wildman–Crippen LogP) is 1.39. The lowest BCUT2D eigenvalue weighted by atomic mass is 10.5. The van der Waals surface area contributed by atoms with Gasteiger partial charge in [0.05, 0.1) is 24.7 Å². The maximum absolute atomic E-state index is 4.86. The van der Waals surface area contributed by atoms with E-state index in [1.807, 2.05) is 0 Å². The molecule has 0 radical (unpaired) electrons. The quantitative estimate of drug-likeness (QED) is 0.728. The summed E-state index contributed by atoms with van der Waals surface area (Å²) in [6.45, 7) is 0.506. The van der Waals surface area contributed by atoms with Crippen LogP contribution in [0.15, 0.2) is 17.0 Å². The molecule has 0 aliphatic heterocycles. The Morgan fingerprint density at radius 3 is 3.00 bits per heavy atom. The van der Waals surface area contributed by atoms with E-state index in [1.165, 1.54) is 0 Å². The van der Waals surface area contributed by atoms with Crippen molar-refractivity contribution in [3.63, 3.8) is 0 Å². The van der Waals surface area contributed by atoms with Crippen molar-refractivity contribution in [1.29, 1.82) is 0 Å². The van der Waals surface area contributed by atoms with Crippen molar-refractivity contribution in [3.05, 3.63) is 22.7 Å². The maximum Gasteiger partial charge on any atom is 0.124 e. The Balaban J connectivity index is 2.75. The zero-order valence-electron chi connectivity index (χ0n) is 5.54. The zero-order valence-corrected chi connectivity index (χ0v) is 7.13. The maximum atomic E-state index is 4.86. The number of ether oxygens (including phenoxy) is 1. The number of halogens is 1. The number of hydrogen-bond donors (Lipinski definition) is 0. The van der Waals surface area contributed by atoms with Gasteiger partial charge in [-0.2, -0.15) is 0 Å². The Bertz CT molecular complexity index is 217. The lowest BCUT2D eigenvalue weighted by molar-refractivity contribution is 0.181. The zero-order chi connectivity index (χ0) is 7.40. The van der Waals surface area contributed by atoms with E-state index in [2.05, 4.69) is 25.9 Å². The van der Waals surface area contributed by atoms with E-state index in [0.717, 1.165) is 10.3 Å². The summed E-state index contributed by atoms with van der Waals surface area (Å²) in [6, 6.07) is 0. The fourth-order valence-electron chi connectivity index (χ4n) is 0.597. The van der Waals surface area contributed by atoms with Gasteiger partial charge in [0, 0.05) is 7.11 Å². The van der Waals surface area contributed by atoms with Crippen molar-refractivity contribution >= 4 is 15.9 Å². The molecule has 1 aromatic heterocycles. The van der Waals surface area contributed by atoms with Crippen LogP contribution in [0.5, 0.6) is 0 Å². The van der Waals surface area contributed by atoms with Gasteiger partial charge in [0.1, 0.15) is 4.60 Å². The molecule has 54 valence electrons. The molecule has 10 heavy (non-hydrogen) atoms. The lowest BCUT2D eigenvalue weighted by Crippen LogP contribution is -1.92. The van der Waals surface area contributed by atoms with Crippen molar-refractivity contribution in [2.24, 2.45) is 0 Å². The fraction of sp³-hybridized carbons (Fsp3) is 0.333. The second-order valence-electron chi connectivity index (χ2n) is 1.77. The smallest absolute Gasteiger partial charge is 0.124 e. The van der Waals surface area contributed by atoms with Gasteiger partial charge in [0.15, 0.2) is 0 Å². The van der Waals surface area contributed by atoms with E-state index in [1.54, 1.807) is 19.5 Å². The van der Waals surface area contributed by atoms with Crippen molar-refractivity contribution in [2.45, 2.75) is 6.61 Å². The van der Waals surface area contributed by atoms with Crippen LogP contribution < -0.4 is 0 Å². The van der Waals surface area contributed by atoms with Gasteiger partial charge in [-0.3, -0.25) is 4.98 Å². The van der Waals surface area contributed by atoms with Gasteiger partial charge >= 0.3 is 0 Å². The van der Waals surface area contributed by atoms with E-state index in [-0.39, 0.29) is 0 Å². The second-order valence-corrected chi connectivity index (χ2v) is 2.58. The highest BCUT2D eigenvalue weighted by molar-refractivity contribution is 9.10. The largest absolute Gasteiger partial charge is 0.378 e. The van der Waals surface area contributed by atoms with Crippen molar-refractivity contribution in [2.75, 3.05) is 7.11 Å². The fourth-order valence-corrected chi connectivity index (χ4v) is 0.943. The van der Waals surface area contributed by atoms with E-state index < -0.39 is 0 Å². The molecule has 0 aromatic carbocycles. The summed E-state index contributed by atoms with van der Waals surface area (Å²) in [5.41, 5.74) is 0.830. The molecule has 0 N–H and O–H groups in total. The van der Waals surface area contributed by atoms with Gasteiger partial charge in [0.2, 0.25) is 0 Å². The van der Waals surface area contributed by atoms with Crippen LogP contribution in [0.25, 0.3) is 0 Å². The van der Waals surface area contributed by atoms with Crippen LogP contribution >= 0.6 is 15.9 Å². The SMILES string of the molecule is COCc1cncc(Br)n1. The molecular weight excluding hydrogens is 196 g/mol. The normalized spacial score (nSPS) is 9.80. The van der Waals surface area contributed by atoms with Crippen LogP contribution in [0.4, 0.5) is 0 Å². The van der Waals surface area contributed by atoms with Gasteiger partial charge in [-0.05, 0) is 15.9 Å². The van der Waals surface area contributed by atoms with Crippen molar-refractivity contribution < 1.29 is 4.74 Å². The Kier molecular flexibility index (Phi) is 2.77. The average molecular weight is 203 g/mol. The topological polar surface area (TPSA) is 35.0 Å². The number of methoxy groups -OCH3 is 1. The minimum Gasteiger partial charge on any atom is -0.378 e. The molecule has 1 heterocycles. The molecule has 0 saturated carbocycles. The summed E-state index contributed by atoms with van der Waals surface area (Å²) in [5, 5.41) is 0. The van der Waals surface area contributed by atoms with Crippen LogP contribution in [0.1, 0.15) is 5.69 Å². The molecule has 1 aromatic rings. The van der Waals surface area contributed by atoms with Crippen LogP contribution in [0.3, 0.4) is 0 Å². The molecule has 0 aliphatic carbocycles. The highest BCUT2D eigenvalue weighted by Crippen LogP contribution is 2.03. The van der Waals surface area contributed by atoms with Crippen LogP contribution in [0.2, 0.25) is 0 Å². The molecule has 4 heteroatoms. The van der Waals surface area contributed by atoms with Gasteiger partial charge in [-0.25, -0.2) is 4.98 Å². The third-order valence-corrected chi connectivity index (χ3v) is 1.33. The Hall–Kier alpha value is -0.480. The minimum absolute atomic E-state index is 0.506. The summed E-state index contributed by atoms with van der Waals surface area (Å²) in [6.07, 6.45) is 3.31. The molecule has 3 nitrogen and oxygen atoms in total. The first-order valence-electron chi connectivity index (χ1n) is 2.78. The molecule has 0 spiro atoms. The Morgan fingerprint density at radius 2 is 2.40 bits per heavy atom. The van der Waals surface area contributed by atoms with Crippen LogP contribution in [-0.2, 0) is 11.3 Å². The first-order chi connectivity index (χ1) is 4.83. The van der Waals surface area contributed by atoms with E-state index in [0.29, 0.717) is 6.61 Å². The van der Waals surface area contributed by atoms with Crippen LogP contribution in [0, 0.1) is 0 Å². The number of aromatic nitrogens is 2. The first kappa shape index (κ1) is 7.63. The summed E-state index contributed by atoms with van der Waals surface area (Å²) in [4.78, 5) is 8.01. The van der Waals surface area contributed by atoms with E-state index in [4.69, 9.17) is 4.74 Å². The number of nitrogens with zero attached hydrogens (tertiary/aromatic N) is 2. The molecule has 0 saturated heterocycles. The predicted molar refractivity (Wildman–Crippen MR) is 40.4 cm³/mol. The Labute approximate surface area is 67.6 Å². The molecule has 0 unspecified atom stereocenters. The molecule has 0 bridgehead atoms. The monoisotopic (exact) mass is 202 g/mol. The third kappa shape index (κ3) is 2.04. The van der Waals surface area contributed by atoms with E-state index in [9.17, 15) is 0 Å². The van der Waals surface area contributed by atoms with Gasteiger partial charge < -0.3 is 4.74 Å². The van der Waals surface area contributed by atoms with Crippen molar-refractivity contribution in [3.8, 4) is 0 Å². The lowest BCUT2D eigenvalue weighted by Gasteiger charge is -1.96. The molecule has 1 rings (SSSR count). The molecular formula is C6H7BrN2O. The summed E-state index contributed by atoms with van der Waals surface area (Å²) in [5.74, 6) is 0. The summed E-state index contributed by atoms with van der Waals surface area (Å²) >= 11 is 3.20. The average Bonchev–Trinajstić information content (AvgIpc) is 1.88. The number of hydrogen-bond acceptors (Lipinski definition) is 3. The van der Waals surface area contributed by atoms with Gasteiger partial charge in [-0.15, -0.1) is 0 Å². The second kappa shape index (κ2) is 3.63. The molecule has 0 amide bonds. The Morgan fingerprint density at radius 1 is 1.60 bits per heavy atom. The minimum atomic E-state index is 0.506. The third-order valence-electron chi connectivity index (χ3n) is 0.947. The highest BCUT2D eigenvalue weighted by Gasteiger charge is 1.93. The van der Waals surface area contributed by atoms with Crippen molar-refractivity contribution in [1.82, 2.24) is 9.97 Å². The molecule has 0 fully saturated rings. The summed E-state index contributed by atoms with van der Waals surface area (Å²) < 4.78 is 5.60.